The van der Waals surface area contributed by atoms with Gasteiger partial charge in [-0.05, 0) is 111 Å². The number of ether oxygens (including phenoxy) is 1. The van der Waals surface area contributed by atoms with E-state index in [1.54, 1.807) is 0 Å². The Bertz CT molecular complexity index is 675. The number of unbranched alkanes of at least 4 members (excludes halogenated alkanes) is 1. The number of hydrogen-bond acceptors (Lipinski definition) is 1. The maximum absolute atomic E-state index is 12.4. The van der Waals surface area contributed by atoms with Crippen LogP contribution in [0.5, 0.6) is 5.75 Å². The zero-order chi connectivity index (χ0) is 21.8. The molecule has 0 amide bonds. The van der Waals surface area contributed by atoms with Gasteiger partial charge in [0.1, 0.15) is 5.75 Å². The highest BCUT2D eigenvalue weighted by atomic mass is 19.4. The molecule has 0 bridgehead atoms. The summed E-state index contributed by atoms with van der Waals surface area (Å²) in [6, 6.07) is 6.59. The third-order valence-corrected chi connectivity index (χ3v) is 8.75. The summed E-state index contributed by atoms with van der Waals surface area (Å²) in [5.74, 6) is 5.13. The molecule has 0 heterocycles. The van der Waals surface area contributed by atoms with E-state index in [1.165, 1.54) is 101 Å². The minimum Gasteiger partial charge on any atom is -0.406 e. The summed E-state index contributed by atoms with van der Waals surface area (Å²) in [5, 5.41) is 0. The summed E-state index contributed by atoms with van der Waals surface area (Å²) in [6.07, 6.45) is 13.3. The molecule has 0 spiro atoms. The van der Waals surface area contributed by atoms with Gasteiger partial charge in [0, 0.05) is 0 Å². The van der Waals surface area contributed by atoms with Crippen molar-refractivity contribution < 1.29 is 17.9 Å². The second-order valence-electron chi connectivity index (χ2n) is 10.6. The van der Waals surface area contributed by atoms with Crippen LogP contribution < -0.4 is 4.74 Å². The van der Waals surface area contributed by atoms with Crippen LogP contribution in [0.1, 0.15) is 102 Å². The third-order valence-electron chi connectivity index (χ3n) is 8.75. The van der Waals surface area contributed by atoms with Gasteiger partial charge >= 0.3 is 6.36 Å². The lowest BCUT2D eigenvalue weighted by molar-refractivity contribution is -0.274. The van der Waals surface area contributed by atoms with Crippen molar-refractivity contribution in [2.45, 2.75) is 103 Å². The van der Waals surface area contributed by atoms with Crippen LogP contribution in [-0.2, 0) is 0 Å². The minimum absolute atomic E-state index is 0.119. The Labute approximate surface area is 186 Å². The summed E-state index contributed by atoms with van der Waals surface area (Å²) in [7, 11) is 0. The molecule has 3 aliphatic carbocycles. The summed E-state index contributed by atoms with van der Waals surface area (Å²) in [4.78, 5) is 0. The van der Waals surface area contributed by atoms with Gasteiger partial charge in [-0.2, -0.15) is 0 Å². The summed E-state index contributed by atoms with van der Waals surface area (Å²) >= 11 is 0. The molecule has 3 aliphatic rings. The van der Waals surface area contributed by atoms with Crippen LogP contribution in [0, 0.1) is 29.6 Å². The Morgan fingerprint density at radius 1 is 0.774 bits per heavy atom. The van der Waals surface area contributed by atoms with Crippen molar-refractivity contribution in [2.24, 2.45) is 29.6 Å². The first kappa shape index (κ1) is 23.0. The Balaban J connectivity index is 1.23. The fourth-order valence-corrected chi connectivity index (χ4v) is 7.07. The van der Waals surface area contributed by atoms with Crippen molar-refractivity contribution in [1.82, 2.24) is 0 Å². The molecular weight excluding hydrogens is 397 g/mol. The summed E-state index contributed by atoms with van der Waals surface area (Å²) in [5.41, 5.74) is 1.17. The standard InChI is InChI=1S/C27H39F3O/c1-2-3-4-19-5-6-25-18-24(12-11-23(25)17-19)22-9-7-20(8-10-22)21-13-15-26(16-14-21)31-27(28,29)30/h13-16,19-20,22-25H,2-12,17-18H2,1H3. The normalized spacial score (nSPS) is 34.2. The molecule has 3 saturated carbocycles. The van der Waals surface area contributed by atoms with Gasteiger partial charge in [-0.3, -0.25) is 0 Å². The first-order valence-corrected chi connectivity index (χ1v) is 12.8. The molecule has 1 aromatic carbocycles. The molecule has 0 aromatic heterocycles. The van der Waals surface area contributed by atoms with Crippen LogP contribution in [0.2, 0.25) is 0 Å². The molecular formula is C27H39F3O. The Kier molecular flexibility index (Phi) is 7.54. The number of fused-ring (bicyclic) bond motifs is 1. The number of rotatable bonds is 6. The molecule has 0 saturated heterocycles. The lowest BCUT2D eigenvalue weighted by Gasteiger charge is -2.45. The molecule has 0 aliphatic heterocycles. The fourth-order valence-electron chi connectivity index (χ4n) is 7.07. The van der Waals surface area contributed by atoms with Crippen LogP contribution in [0.3, 0.4) is 0 Å². The predicted molar refractivity (Wildman–Crippen MR) is 119 cm³/mol. The first-order chi connectivity index (χ1) is 14.9. The van der Waals surface area contributed by atoms with Gasteiger partial charge in [0.05, 0.1) is 0 Å². The van der Waals surface area contributed by atoms with E-state index < -0.39 is 6.36 Å². The molecule has 1 aromatic rings. The second-order valence-corrected chi connectivity index (χ2v) is 10.6. The van der Waals surface area contributed by atoms with Crippen LogP contribution in [0.15, 0.2) is 24.3 Å². The number of hydrogen-bond donors (Lipinski definition) is 0. The van der Waals surface area contributed by atoms with E-state index >= 15 is 0 Å². The van der Waals surface area contributed by atoms with Crippen LogP contribution in [0.4, 0.5) is 13.2 Å². The van der Waals surface area contributed by atoms with E-state index in [1.807, 2.05) is 12.1 Å². The Morgan fingerprint density at radius 2 is 1.35 bits per heavy atom. The van der Waals surface area contributed by atoms with Gasteiger partial charge in [-0.1, -0.05) is 44.7 Å². The van der Waals surface area contributed by atoms with Crippen molar-refractivity contribution in [3.05, 3.63) is 29.8 Å². The molecule has 0 N–H and O–H groups in total. The molecule has 1 nitrogen and oxygen atoms in total. The van der Waals surface area contributed by atoms with Gasteiger partial charge in [0.25, 0.3) is 0 Å². The lowest BCUT2D eigenvalue weighted by atomic mass is 9.60. The van der Waals surface area contributed by atoms with Crippen molar-refractivity contribution in [3.8, 4) is 5.75 Å². The molecule has 3 fully saturated rings. The maximum atomic E-state index is 12.4. The Morgan fingerprint density at radius 3 is 2.00 bits per heavy atom. The Hall–Kier alpha value is -1.19. The topological polar surface area (TPSA) is 9.23 Å². The molecule has 4 atom stereocenters. The van der Waals surface area contributed by atoms with Crippen LogP contribution >= 0.6 is 0 Å². The molecule has 174 valence electrons. The van der Waals surface area contributed by atoms with E-state index in [0.29, 0.717) is 5.92 Å². The van der Waals surface area contributed by atoms with Gasteiger partial charge in [0.15, 0.2) is 0 Å². The zero-order valence-electron chi connectivity index (χ0n) is 19.0. The van der Waals surface area contributed by atoms with Crippen molar-refractivity contribution >= 4 is 0 Å². The van der Waals surface area contributed by atoms with Crippen LogP contribution in [-0.4, -0.2) is 6.36 Å². The molecule has 4 heteroatoms. The minimum atomic E-state index is -4.62. The van der Waals surface area contributed by atoms with E-state index in [2.05, 4.69) is 11.7 Å². The average Bonchev–Trinajstić information content (AvgIpc) is 2.77. The molecule has 31 heavy (non-hydrogen) atoms. The van der Waals surface area contributed by atoms with Crippen molar-refractivity contribution in [2.75, 3.05) is 0 Å². The summed E-state index contributed by atoms with van der Waals surface area (Å²) in [6.45, 7) is 2.31. The lowest BCUT2D eigenvalue weighted by Crippen LogP contribution is -2.34. The van der Waals surface area contributed by atoms with E-state index in [-0.39, 0.29) is 5.75 Å². The van der Waals surface area contributed by atoms with Crippen LogP contribution in [0.25, 0.3) is 0 Å². The highest BCUT2D eigenvalue weighted by Crippen LogP contribution is 2.50. The fraction of sp³-hybridized carbons (Fsp3) is 0.778. The monoisotopic (exact) mass is 436 g/mol. The third kappa shape index (κ3) is 6.20. The van der Waals surface area contributed by atoms with E-state index in [4.69, 9.17) is 0 Å². The number of alkyl halides is 3. The predicted octanol–water partition coefficient (Wildman–Crippen LogP) is 8.88. The van der Waals surface area contributed by atoms with Crippen molar-refractivity contribution in [3.63, 3.8) is 0 Å². The average molecular weight is 437 g/mol. The van der Waals surface area contributed by atoms with Gasteiger partial charge in [-0.15, -0.1) is 13.2 Å². The van der Waals surface area contributed by atoms with Gasteiger partial charge < -0.3 is 4.74 Å². The first-order valence-electron chi connectivity index (χ1n) is 12.8. The highest BCUT2D eigenvalue weighted by Gasteiger charge is 2.38. The van der Waals surface area contributed by atoms with Gasteiger partial charge in [-0.25, -0.2) is 0 Å². The molecule has 4 rings (SSSR count). The van der Waals surface area contributed by atoms with E-state index in [9.17, 15) is 13.2 Å². The zero-order valence-corrected chi connectivity index (χ0v) is 19.0. The number of halogens is 3. The summed E-state index contributed by atoms with van der Waals surface area (Å²) < 4.78 is 41.1. The second kappa shape index (κ2) is 10.2. The number of benzene rings is 1. The smallest absolute Gasteiger partial charge is 0.406 e. The maximum Gasteiger partial charge on any atom is 0.573 e. The SMILES string of the molecule is CCCCC1CCC2CC(C3CCC(c4ccc(OC(F)(F)F)cc4)CC3)CCC2C1. The van der Waals surface area contributed by atoms with Crippen molar-refractivity contribution in [1.29, 1.82) is 0 Å². The quantitative estimate of drug-likeness (QED) is 0.432. The molecule has 4 unspecified atom stereocenters. The largest absolute Gasteiger partial charge is 0.573 e. The van der Waals surface area contributed by atoms with E-state index in [0.717, 1.165) is 29.6 Å². The molecule has 0 radical (unpaired) electrons. The van der Waals surface area contributed by atoms with Gasteiger partial charge in [0.2, 0.25) is 0 Å². The highest BCUT2D eigenvalue weighted by molar-refractivity contribution is 5.29.